The first-order valence-electron chi connectivity index (χ1n) is 5.45. The van der Waals surface area contributed by atoms with Gasteiger partial charge in [-0.15, -0.1) is 0 Å². The van der Waals surface area contributed by atoms with Crippen molar-refractivity contribution in [3.63, 3.8) is 0 Å². The van der Waals surface area contributed by atoms with Crippen molar-refractivity contribution in [2.45, 2.75) is 40.2 Å². The van der Waals surface area contributed by atoms with Crippen LogP contribution in [0, 0.1) is 5.41 Å². The van der Waals surface area contributed by atoms with E-state index < -0.39 is 6.43 Å². The minimum absolute atomic E-state index is 0.0612. The number of nitrogens with one attached hydrogen (secondary N) is 1. The maximum Gasteiger partial charge on any atom is 0.263 e. The first-order valence-corrected chi connectivity index (χ1v) is 5.45. The quantitative estimate of drug-likeness (QED) is 0.803. The molecule has 1 rings (SSSR count). The number of rotatable bonds is 3. The zero-order valence-electron chi connectivity index (χ0n) is 10.2. The van der Waals surface area contributed by atoms with Crippen LogP contribution in [0.4, 0.5) is 14.5 Å². The van der Waals surface area contributed by atoms with Crippen molar-refractivity contribution in [3.8, 4) is 0 Å². The molecule has 0 spiro atoms. The summed E-state index contributed by atoms with van der Waals surface area (Å²) in [5.41, 5.74) is 0.909. The van der Waals surface area contributed by atoms with Gasteiger partial charge >= 0.3 is 0 Å². The summed E-state index contributed by atoms with van der Waals surface area (Å²) in [6.45, 7) is 8.39. The number of hydrogen-bond donors (Lipinski definition) is 1. The van der Waals surface area contributed by atoms with E-state index in [4.69, 9.17) is 0 Å². The lowest BCUT2D eigenvalue weighted by molar-refractivity contribution is 0.151. The van der Waals surface area contributed by atoms with E-state index in [1.54, 1.807) is 6.07 Å². The highest BCUT2D eigenvalue weighted by Crippen LogP contribution is 2.25. The summed E-state index contributed by atoms with van der Waals surface area (Å²) < 4.78 is 25.0. The van der Waals surface area contributed by atoms with Gasteiger partial charge in [-0.1, -0.05) is 32.9 Å². The fraction of sp³-hybridized carbons (Fsp3) is 0.538. The number of alkyl halides is 2. The Hall–Kier alpha value is -1.12. The van der Waals surface area contributed by atoms with Crippen LogP contribution in [0.15, 0.2) is 24.3 Å². The standard InChI is InChI=1S/C13H19F2N/c1-9(13(2,3)4)16-11-7-5-6-10(8-11)12(14)15/h5-9,12,16H,1-4H3. The highest BCUT2D eigenvalue weighted by Gasteiger charge is 2.19. The van der Waals surface area contributed by atoms with E-state index in [9.17, 15) is 8.78 Å². The Bertz CT molecular complexity index is 342. The molecule has 16 heavy (non-hydrogen) atoms. The van der Waals surface area contributed by atoms with E-state index in [0.717, 1.165) is 5.69 Å². The van der Waals surface area contributed by atoms with Crippen molar-refractivity contribution in [1.29, 1.82) is 0 Å². The lowest BCUT2D eigenvalue weighted by Gasteiger charge is -2.29. The van der Waals surface area contributed by atoms with E-state index in [0.29, 0.717) is 0 Å². The summed E-state index contributed by atoms with van der Waals surface area (Å²) >= 11 is 0. The number of hydrogen-bond acceptors (Lipinski definition) is 1. The molecule has 1 nitrogen and oxygen atoms in total. The monoisotopic (exact) mass is 227 g/mol. The molecule has 0 fully saturated rings. The molecule has 0 aromatic heterocycles. The summed E-state index contributed by atoms with van der Waals surface area (Å²) in [4.78, 5) is 0. The van der Waals surface area contributed by atoms with Crippen LogP contribution in [-0.2, 0) is 0 Å². The second-order valence-corrected chi connectivity index (χ2v) is 5.16. The van der Waals surface area contributed by atoms with Gasteiger partial charge in [0.05, 0.1) is 0 Å². The van der Waals surface area contributed by atoms with Crippen LogP contribution in [0.2, 0.25) is 0 Å². The molecule has 1 unspecified atom stereocenters. The fourth-order valence-electron chi connectivity index (χ4n) is 1.23. The molecule has 0 heterocycles. The summed E-state index contributed by atoms with van der Waals surface area (Å²) in [6, 6.07) is 6.64. The van der Waals surface area contributed by atoms with Gasteiger partial charge in [0, 0.05) is 17.3 Å². The summed E-state index contributed by atoms with van der Waals surface area (Å²) in [5, 5.41) is 3.24. The third kappa shape index (κ3) is 3.47. The molecular formula is C13H19F2N. The SMILES string of the molecule is CC(Nc1cccc(C(F)F)c1)C(C)(C)C. The van der Waals surface area contributed by atoms with Crippen molar-refractivity contribution < 1.29 is 8.78 Å². The summed E-state index contributed by atoms with van der Waals surface area (Å²) in [5.74, 6) is 0. The van der Waals surface area contributed by atoms with E-state index >= 15 is 0 Å². The van der Waals surface area contributed by atoms with Gasteiger partial charge in [-0.05, 0) is 24.5 Å². The Balaban J connectivity index is 2.78. The molecule has 0 aliphatic rings. The predicted octanol–water partition coefficient (Wildman–Crippen LogP) is 4.47. The predicted molar refractivity (Wildman–Crippen MR) is 63.9 cm³/mol. The zero-order chi connectivity index (χ0) is 12.3. The number of benzene rings is 1. The van der Waals surface area contributed by atoms with Crippen molar-refractivity contribution in [2.24, 2.45) is 5.41 Å². The average Bonchev–Trinajstić information content (AvgIpc) is 2.16. The van der Waals surface area contributed by atoms with E-state index in [1.807, 2.05) is 6.07 Å². The van der Waals surface area contributed by atoms with E-state index in [-0.39, 0.29) is 17.0 Å². The van der Waals surface area contributed by atoms with E-state index in [1.165, 1.54) is 12.1 Å². The van der Waals surface area contributed by atoms with Gasteiger partial charge in [0.25, 0.3) is 6.43 Å². The van der Waals surface area contributed by atoms with Gasteiger partial charge in [0.2, 0.25) is 0 Å². The highest BCUT2D eigenvalue weighted by atomic mass is 19.3. The van der Waals surface area contributed by atoms with Crippen molar-refractivity contribution in [1.82, 2.24) is 0 Å². The molecule has 0 radical (unpaired) electrons. The molecule has 1 N–H and O–H groups in total. The number of anilines is 1. The van der Waals surface area contributed by atoms with Gasteiger partial charge in [0.15, 0.2) is 0 Å². The van der Waals surface area contributed by atoms with Crippen molar-refractivity contribution in [3.05, 3.63) is 29.8 Å². The molecule has 0 bridgehead atoms. The molecule has 0 saturated heterocycles. The fourth-order valence-corrected chi connectivity index (χ4v) is 1.23. The molecule has 0 aliphatic carbocycles. The summed E-state index contributed by atoms with van der Waals surface area (Å²) in [7, 11) is 0. The lowest BCUT2D eigenvalue weighted by Crippen LogP contribution is -2.30. The minimum atomic E-state index is -2.41. The highest BCUT2D eigenvalue weighted by molar-refractivity contribution is 5.47. The Morgan fingerprint density at radius 1 is 1.19 bits per heavy atom. The molecule has 3 heteroatoms. The Labute approximate surface area is 95.9 Å². The second-order valence-electron chi connectivity index (χ2n) is 5.16. The normalized spacial score (nSPS) is 13.9. The van der Waals surface area contributed by atoms with Gasteiger partial charge in [-0.25, -0.2) is 8.78 Å². The molecular weight excluding hydrogens is 208 g/mol. The zero-order valence-corrected chi connectivity index (χ0v) is 10.2. The first-order chi connectivity index (χ1) is 7.30. The van der Waals surface area contributed by atoms with Gasteiger partial charge in [0.1, 0.15) is 0 Å². The number of halogens is 2. The maximum absolute atomic E-state index is 12.5. The smallest absolute Gasteiger partial charge is 0.263 e. The van der Waals surface area contributed by atoms with Crippen LogP contribution in [0.1, 0.15) is 39.7 Å². The molecule has 0 saturated carbocycles. The Morgan fingerprint density at radius 3 is 2.31 bits per heavy atom. The van der Waals surface area contributed by atoms with Crippen LogP contribution in [0.5, 0.6) is 0 Å². The molecule has 1 aromatic rings. The van der Waals surface area contributed by atoms with Crippen LogP contribution in [0.3, 0.4) is 0 Å². The Kier molecular flexibility index (Phi) is 3.89. The molecule has 1 aromatic carbocycles. The van der Waals surface area contributed by atoms with Crippen LogP contribution in [-0.4, -0.2) is 6.04 Å². The maximum atomic E-state index is 12.5. The van der Waals surface area contributed by atoms with Crippen LogP contribution < -0.4 is 5.32 Å². The van der Waals surface area contributed by atoms with Gasteiger partial charge in [-0.3, -0.25) is 0 Å². The van der Waals surface area contributed by atoms with Crippen molar-refractivity contribution in [2.75, 3.05) is 5.32 Å². The van der Waals surface area contributed by atoms with Gasteiger partial charge in [-0.2, -0.15) is 0 Å². The third-order valence-corrected chi connectivity index (χ3v) is 2.82. The topological polar surface area (TPSA) is 12.0 Å². The average molecular weight is 227 g/mol. The minimum Gasteiger partial charge on any atom is -0.382 e. The third-order valence-electron chi connectivity index (χ3n) is 2.82. The molecule has 90 valence electrons. The molecule has 0 amide bonds. The van der Waals surface area contributed by atoms with Crippen LogP contribution in [0.25, 0.3) is 0 Å². The lowest BCUT2D eigenvalue weighted by atomic mass is 9.88. The molecule has 0 aliphatic heterocycles. The summed E-state index contributed by atoms with van der Waals surface area (Å²) in [6.07, 6.45) is -2.41. The molecule has 1 atom stereocenters. The first kappa shape index (κ1) is 12.9. The van der Waals surface area contributed by atoms with E-state index in [2.05, 4.69) is 33.0 Å². The largest absolute Gasteiger partial charge is 0.382 e. The van der Waals surface area contributed by atoms with Gasteiger partial charge < -0.3 is 5.32 Å². The Morgan fingerprint density at radius 2 is 1.81 bits per heavy atom. The second kappa shape index (κ2) is 4.81. The van der Waals surface area contributed by atoms with Crippen molar-refractivity contribution >= 4 is 5.69 Å². The van der Waals surface area contributed by atoms with Crippen LogP contribution >= 0.6 is 0 Å².